The normalized spacial score (nSPS) is 11.6. The Balaban J connectivity index is 1.84. The van der Waals surface area contributed by atoms with E-state index in [4.69, 9.17) is 9.47 Å². The van der Waals surface area contributed by atoms with Crippen molar-refractivity contribution in [2.75, 3.05) is 6.61 Å². The summed E-state index contributed by atoms with van der Waals surface area (Å²) < 4.78 is 13.6. The van der Waals surface area contributed by atoms with Gasteiger partial charge in [-0.25, -0.2) is 4.79 Å². The lowest BCUT2D eigenvalue weighted by molar-refractivity contribution is -0.137. The smallest absolute Gasteiger partial charge is 0.331 e. The molecule has 0 unspecified atom stereocenters. The second-order valence-electron chi connectivity index (χ2n) is 7.31. The third-order valence-electron chi connectivity index (χ3n) is 5.18. The Morgan fingerprint density at radius 3 is 2.53 bits per heavy atom. The number of hydrogen-bond acceptors (Lipinski definition) is 3. The van der Waals surface area contributed by atoms with Gasteiger partial charge in [-0.15, -0.1) is 0 Å². The molecule has 0 spiro atoms. The molecule has 0 fully saturated rings. The molecule has 158 valence electrons. The van der Waals surface area contributed by atoms with Crippen LogP contribution in [-0.2, 0) is 22.7 Å². The van der Waals surface area contributed by atoms with Gasteiger partial charge in [-0.1, -0.05) is 50.6 Å². The molecule has 3 aromatic rings. The van der Waals surface area contributed by atoms with Crippen LogP contribution in [0.5, 0.6) is 5.75 Å². The highest BCUT2D eigenvalue weighted by atomic mass is 16.5. The van der Waals surface area contributed by atoms with Gasteiger partial charge in [-0.2, -0.15) is 0 Å². The van der Waals surface area contributed by atoms with Gasteiger partial charge in [-0.3, -0.25) is 0 Å². The van der Waals surface area contributed by atoms with Crippen LogP contribution >= 0.6 is 0 Å². The van der Waals surface area contributed by atoms with Crippen molar-refractivity contribution in [2.45, 2.75) is 53.2 Å². The minimum Gasteiger partial charge on any atom is -0.489 e. The minimum absolute atomic E-state index is 0.264. The summed E-state index contributed by atoms with van der Waals surface area (Å²) in [5.41, 5.74) is 4.32. The van der Waals surface area contributed by atoms with Gasteiger partial charge < -0.3 is 14.0 Å². The summed E-state index contributed by atoms with van der Waals surface area (Å²) in [4.78, 5) is 12.2. The molecule has 0 bridgehead atoms. The standard InChI is InChI=1S/C26H31NO3/c1-4-7-15-29-26(28)18-21(5-2)25-17-22-16-23(13-14-24(22)27(25)6-3)30-19-20-11-9-8-10-12-20/h8-14,16-18H,4-7,15,19H2,1-3H3/b21-18+. The van der Waals surface area contributed by atoms with Gasteiger partial charge in [0.25, 0.3) is 0 Å². The van der Waals surface area contributed by atoms with E-state index < -0.39 is 0 Å². The SMILES string of the molecule is CCCCOC(=O)/C=C(\CC)c1cc2cc(OCc3ccccc3)ccc2n1CC. The van der Waals surface area contributed by atoms with Crippen LogP contribution in [0.3, 0.4) is 0 Å². The Bertz CT molecular complexity index is 1000. The zero-order chi connectivity index (χ0) is 21.3. The summed E-state index contributed by atoms with van der Waals surface area (Å²) in [7, 11) is 0. The number of unbranched alkanes of at least 4 members (excludes halogenated alkanes) is 1. The summed E-state index contributed by atoms with van der Waals surface area (Å²) in [6, 6.07) is 18.5. The number of nitrogens with zero attached hydrogens (tertiary/aromatic N) is 1. The number of fused-ring (bicyclic) bond motifs is 1. The Morgan fingerprint density at radius 1 is 1.03 bits per heavy atom. The number of benzene rings is 2. The number of rotatable bonds is 10. The second-order valence-corrected chi connectivity index (χ2v) is 7.31. The Morgan fingerprint density at radius 2 is 1.83 bits per heavy atom. The maximum atomic E-state index is 12.2. The van der Waals surface area contributed by atoms with E-state index in [1.807, 2.05) is 24.3 Å². The van der Waals surface area contributed by atoms with Crippen molar-refractivity contribution in [3.63, 3.8) is 0 Å². The number of aromatic nitrogens is 1. The predicted molar refractivity (Wildman–Crippen MR) is 123 cm³/mol. The summed E-state index contributed by atoms with van der Waals surface area (Å²) in [6.07, 6.45) is 4.30. The molecule has 4 heteroatoms. The monoisotopic (exact) mass is 405 g/mol. The van der Waals surface area contributed by atoms with Crippen LogP contribution in [0.2, 0.25) is 0 Å². The molecule has 0 N–H and O–H groups in total. The predicted octanol–water partition coefficient (Wildman–Crippen LogP) is 6.38. The average molecular weight is 406 g/mol. The van der Waals surface area contributed by atoms with E-state index in [1.54, 1.807) is 6.08 Å². The third-order valence-corrected chi connectivity index (χ3v) is 5.18. The number of carbonyl (C=O) groups excluding carboxylic acids is 1. The van der Waals surface area contributed by atoms with Crippen molar-refractivity contribution in [3.05, 3.63) is 71.9 Å². The van der Waals surface area contributed by atoms with Gasteiger partial charge in [-0.05, 0) is 55.2 Å². The summed E-state index contributed by atoms with van der Waals surface area (Å²) in [5.74, 6) is 0.576. The van der Waals surface area contributed by atoms with Gasteiger partial charge in [0, 0.05) is 29.2 Å². The van der Waals surface area contributed by atoms with E-state index in [1.165, 1.54) is 0 Å². The van der Waals surface area contributed by atoms with Crippen molar-refractivity contribution in [1.82, 2.24) is 4.57 Å². The van der Waals surface area contributed by atoms with E-state index in [9.17, 15) is 4.79 Å². The Labute approximate surface area is 179 Å². The Kier molecular flexibility index (Phi) is 7.72. The van der Waals surface area contributed by atoms with Crippen LogP contribution in [0.1, 0.15) is 51.3 Å². The fraction of sp³-hybridized carbons (Fsp3) is 0.346. The molecule has 30 heavy (non-hydrogen) atoms. The zero-order valence-corrected chi connectivity index (χ0v) is 18.2. The lowest BCUT2D eigenvalue weighted by atomic mass is 10.1. The van der Waals surface area contributed by atoms with Gasteiger partial charge in [0.2, 0.25) is 0 Å². The zero-order valence-electron chi connectivity index (χ0n) is 18.2. The first kappa shape index (κ1) is 21.7. The molecule has 1 heterocycles. The number of esters is 1. The van der Waals surface area contributed by atoms with Crippen LogP contribution in [0.15, 0.2) is 60.7 Å². The quantitative estimate of drug-likeness (QED) is 0.223. The number of carbonyl (C=O) groups is 1. The molecule has 2 aromatic carbocycles. The van der Waals surface area contributed by atoms with Crippen LogP contribution in [0, 0.1) is 0 Å². The minimum atomic E-state index is -0.264. The van der Waals surface area contributed by atoms with Crippen molar-refractivity contribution < 1.29 is 14.3 Å². The number of ether oxygens (including phenoxy) is 2. The van der Waals surface area contributed by atoms with Crippen molar-refractivity contribution in [1.29, 1.82) is 0 Å². The molecule has 0 saturated carbocycles. The van der Waals surface area contributed by atoms with Gasteiger partial charge >= 0.3 is 5.97 Å². The summed E-state index contributed by atoms with van der Waals surface area (Å²) in [5, 5.41) is 1.11. The molecule has 0 aliphatic rings. The third kappa shape index (κ3) is 5.32. The first-order chi connectivity index (χ1) is 14.7. The molecule has 3 rings (SSSR count). The van der Waals surface area contributed by atoms with E-state index in [0.29, 0.717) is 13.2 Å². The molecule has 1 aromatic heterocycles. The Hall–Kier alpha value is -3.01. The van der Waals surface area contributed by atoms with E-state index in [2.05, 4.69) is 55.7 Å². The van der Waals surface area contributed by atoms with Crippen molar-refractivity contribution in [2.24, 2.45) is 0 Å². The number of aryl methyl sites for hydroxylation is 1. The van der Waals surface area contributed by atoms with Crippen molar-refractivity contribution in [3.8, 4) is 5.75 Å². The summed E-state index contributed by atoms with van der Waals surface area (Å²) >= 11 is 0. The molecule has 0 amide bonds. The van der Waals surface area contributed by atoms with Crippen LogP contribution in [0.25, 0.3) is 16.5 Å². The molecule has 0 aliphatic carbocycles. The molecule has 4 nitrogen and oxygen atoms in total. The molecule has 0 atom stereocenters. The highest BCUT2D eigenvalue weighted by molar-refractivity contribution is 5.94. The van der Waals surface area contributed by atoms with Gasteiger partial charge in [0.15, 0.2) is 0 Å². The molecular weight excluding hydrogens is 374 g/mol. The van der Waals surface area contributed by atoms with Crippen LogP contribution in [0.4, 0.5) is 0 Å². The van der Waals surface area contributed by atoms with E-state index in [0.717, 1.165) is 59.3 Å². The maximum Gasteiger partial charge on any atom is 0.331 e. The van der Waals surface area contributed by atoms with Crippen LogP contribution < -0.4 is 4.74 Å². The topological polar surface area (TPSA) is 40.5 Å². The molecule has 0 radical (unpaired) electrons. The van der Waals surface area contributed by atoms with Crippen molar-refractivity contribution >= 4 is 22.4 Å². The number of allylic oxidation sites excluding steroid dienone is 1. The first-order valence-corrected chi connectivity index (χ1v) is 10.8. The maximum absolute atomic E-state index is 12.2. The largest absolute Gasteiger partial charge is 0.489 e. The molecule has 0 aliphatic heterocycles. The van der Waals surface area contributed by atoms with Gasteiger partial charge in [0.1, 0.15) is 12.4 Å². The number of hydrogen-bond donors (Lipinski definition) is 0. The van der Waals surface area contributed by atoms with Gasteiger partial charge in [0.05, 0.1) is 6.61 Å². The van der Waals surface area contributed by atoms with E-state index >= 15 is 0 Å². The summed E-state index contributed by atoms with van der Waals surface area (Å²) in [6.45, 7) is 8.11. The highest BCUT2D eigenvalue weighted by Gasteiger charge is 2.13. The average Bonchev–Trinajstić information content (AvgIpc) is 3.14. The lowest BCUT2D eigenvalue weighted by Gasteiger charge is -2.11. The lowest BCUT2D eigenvalue weighted by Crippen LogP contribution is -2.05. The molecule has 0 saturated heterocycles. The second kappa shape index (κ2) is 10.7. The fourth-order valence-electron chi connectivity index (χ4n) is 3.54. The fourth-order valence-corrected chi connectivity index (χ4v) is 3.54. The van der Waals surface area contributed by atoms with E-state index in [-0.39, 0.29) is 5.97 Å². The first-order valence-electron chi connectivity index (χ1n) is 10.8. The molecular formula is C26H31NO3. The highest BCUT2D eigenvalue weighted by Crippen LogP contribution is 2.30. The van der Waals surface area contributed by atoms with Crippen LogP contribution in [-0.4, -0.2) is 17.1 Å².